The largest absolute Gasteiger partial charge is 0.336 e. The smallest absolute Gasteiger partial charge is 0.227 e. The lowest BCUT2D eigenvalue weighted by Crippen LogP contribution is -2.37. The molecule has 0 saturated carbocycles. The number of para-hydroxylation sites is 1. The SMILES string of the molecule is CC(C)N(Cc1ccc(C#N)cc1)C(=O)Cc1cnn(-c2ccccc2)c1. The van der Waals surface area contributed by atoms with Crippen LogP contribution in [0.1, 0.15) is 30.5 Å². The van der Waals surface area contributed by atoms with Crippen LogP contribution in [0.25, 0.3) is 5.69 Å². The topological polar surface area (TPSA) is 61.9 Å². The van der Waals surface area contributed by atoms with Crippen molar-refractivity contribution in [1.29, 1.82) is 5.26 Å². The van der Waals surface area contributed by atoms with E-state index in [1.54, 1.807) is 23.0 Å². The third-order valence-corrected chi connectivity index (χ3v) is 4.39. The Kier molecular flexibility index (Phi) is 5.68. The van der Waals surface area contributed by atoms with E-state index in [2.05, 4.69) is 11.2 Å². The Labute approximate surface area is 159 Å². The molecule has 0 N–H and O–H groups in total. The number of carbonyl (C=O) groups is 1. The molecule has 1 aromatic heterocycles. The van der Waals surface area contributed by atoms with E-state index < -0.39 is 0 Å². The van der Waals surface area contributed by atoms with Crippen molar-refractivity contribution in [3.63, 3.8) is 0 Å². The molecule has 0 atom stereocenters. The molecular formula is C22H22N4O. The number of aromatic nitrogens is 2. The van der Waals surface area contributed by atoms with Gasteiger partial charge in [-0.2, -0.15) is 10.4 Å². The normalized spacial score (nSPS) is 10.6. The molecule has 0 radical (unpaired) electrons. The first-order valence-electron chi connectivity index (χ1n) is 8.94. The molecule has 0 aliphatic heterocycles. The molecule has 0 saturated heterocycles. The number of benzene rings is 2. The van der Waals surface area contributed by atoms with Gasteiger partial charge in [0.05, 0.1) is 29.9 Å². The molecule has 1 heterocycles. The first-order chi connectivity index (χ1) is 13.1. The van der Waals surface area contributed by atoms with Crippen molar-refractivity contribution < 1.29 is 4.79 Å². The Morgan fingerprint density at radius 1 is 1.11 bits per heavy atom. The minimum Gasteiger partial charge on any atom is -0.336 e. The second-order valence-electron chi connectivity index (χ2n) is 6.73. The van der Waals surface area contributed by atoms with Gasteiger partial charge >= 0.3 is 0 Å². The average Bonchev–Trinajstić information content (AvgIpc) is 3.15. The van der Waals surface area contributed by atoms with Crippen LogP contribution < -0.4 is 0 Å². The Morgan fingerprint density at radius 2 is 1.81 bits per heavy atom. The maximum Gasteiger partial charge on any atom is 0.227 e. The summed E-state index contributed by atoms with van der Waals surface area (Å²) in [7, 11) is 0. The summed E-state index contributed by atoms with van der Waals surface area (Å²) in [6, 6.07) is 19.4. The van der Waals surface area contributed by atoms with Gasteiger partial charge in [-0.25, -0.2) is 4.68 Å². The molecule has 0 bridgehead atoms. The molecule has 3 rings (SSSR count). The number of amides is 1. The third-order valence-electron chi connectivity index (χ3n) is 4.39. The monoisotopic (exact) mass is 358 g/mol. The Balaban J connectivity index is 1.70. The molecule has 5 nitrogen and oxygen atoms in total. The van der Waals surface area contributed by atoms with Crippen molar-refractivity contribution in [2.75, 3.05) is 0 Å². The van der Waals surface area contributed by atoms with Gasteiger partial charge in [0.25, 0.3) is 0 Å². The van der Waals surface area contributed by atoms with Gasteiger partial charge in [0.15, 0.2) is 0 Å². The zero-order chi connectivity index (χ0) is 19.2. The molecule has 3 aromatic rings. The van der Waals surface area contributed by atoms with Crippen LogP contribution in [0.4, 0.5) is 0 Å². The van der Waals surface area contributed by atoms with Crippen LogP contribution in [0.5, 0.6) is 0 Å². The Hall–Kier alpha value is -3.39. The van der Waals surface area contributed by atoms with E-state index in [9.17, 15) is 4.79 Å². The molecule has 27 heavy (non-hydrogen) atoms. The van der Waals surface area contributed by atoms with E-state index in [0.717, 1.165) is 16.8 Å². The molecule has 2 aromatic carbocycles. The molecule has 136 valence electrons. The van der Waals surface area contributed by atoms with Gasteiger partial charge in [0.1, 0.15) is 0 Å². The zero-order valence-electron chi connectivity index (χ0n) is 15.5. The van der Waals surface area contributed by atoms with Crippen molar-refractivity contribution in [1.82, 2.24) is 14.7 Å². The highest BCUT2D eigenvalue weighted by atomic mass is 16.2. The van der Waals surface area contributed by atoms with Crippen LogP contribution in [0.2, 0.25) is 0 Å². The van der Waals surface area contributed by atoms with Crippen LogP contribution >= 0.6 is 0 Å². The fourth-order valence-corrected chi connectivity index (χ4v) is 2.89. The lowest BCUT2D eigenvalue weighted by atomic mass is 10.1. The van der Waals surface area contributed by atoms with Crippen molar-refractivity contribution in [3.8, 4) is 11.8 Å². The first-order valence-corrected chi connectivity index (χ1v) is 8.94. The first kappa shape index (κ1) is 18.4. The predicted octanol–water partition coefficient (Wildman–Crippen LogP) is 3.72. The maximum absolute atomic E-state index is 12.9. The van der Waals surface area contributed by atoms with E-state index in [1.165, 1.54) is 0 Å². The summed E-state index contributed by atoms with van der Waals surface area (Å²) in [5, 5.41) is 13.3. The number of rotatable bonds is 6. The van der Waals surface area contributed by atoms with Crippen LogP contribution in [-0.4, -0.2) is 26.6 Å². The summed E-state index contributed by atoms with van der Waals surface area (Å²) in [4.78, 5) is 14.7. The van der Waals surface area contributed by atoms with Crippen molar-refractivity contribution in [2.45, 2.75) is 32.9 Å². The molecule has 0 aliphatic rings. The van der Waals surface area contributed by atoms with Crippen LogP contribution in [0, 0.1) is 11.3 Å². The quantitative estimate of drug-likeness (QED) is 0.675. The van der Waals surface area contributed by atoms with Gasteiger partial charge in [-0.05, 0) is 49.2 Å². The summed E-state index contributed by atoms with van der Waals surface area (Å²) >= 11 is 0. The van der Waals surface area contributed by atoms with Gasteiger partial charge < -0.3 is 4.90 Å². The maximum atomic E-state index is 12.9. The highest BCUT2D eigenvalue weighted by Gasteiger charge is 2.18. The number of nitrogens with zero attached hydrogens (tertiary/aromatic N) is 4. The van der Waals surface area contributed by atoms with Gasteiger partial charge in [-0.15, -0.1) is 0 Å². The fourth-order valence-electron chi connectivity index (χ4n) is 2.89. The average molecular weight is 358 g/mol. The minimum atomic E-state index is 0.0574. The molecule has 0 fully saturated rings. The van der Waals surface area contributed by atoms with Crippen LogP contribution in [0.3, 0.4) is 0 Å². The van der Waals surface area contributed by atoms with Gasteiger partial charge in [0.2, 0.25) is 5.91 Å². The standard InChI is InChI=1S/C22H22N4O/c1-17(2)25(15-19-10-8-18(13-23)9-11-19)22(27)12-20-14-24-26(16-20)21-6-4-3-5-7-21/h3-11,14,16-17H,12,15H2,1-2H3. The highest BCUT2D eigenvalue weighted by Crippen LogP contribution is 2.14. The molecule has 0 aliphatic carbocycles. The lowest BCUT2D eigenvalue weighted by molar-refractivity contribution is -0.132. The second kappa shape index (κ2) is 8.33. The van der Waals surface area contributed by atoms with Crippen LogP contribution in [-0.2, 0) is 17.8 Å². The number of hydrogen-bond acceptors (Lipinski definition) is 3. The highest BCUT2D eigenvalue weighted by molar-refractivity contribution is 5.79. The summed E-state index contributed by atoms with van der Waals surface area (Å²) < 4.78 is 1.78. The van der Waals surface area contributed by atoms with E-state index >= 15 is 0 Å². The van der Waals surface area contributed by atoms with Crippen molar-refractivity contribution in [3.05, 3.63) is 83.7 Å². The van der Waals surface area contributed by atoms with Gasteiger partial charge in [-0.1, -0.05) is 30.3 Å². The molecule has 5 heteroatoms. The summed E-state index contributed by atoms with van der Waals surface area (Å²) in [6.45, 7) is 4.54. The number of carbonyl (C=O) groups excluding carboxylic acids is 1. The Bertz CT molecular complexity index is 936. The molecule has 0 unspecified atom stereocenters. The van der Waals surface area contributed by atoms with E-state index in [4.69, 9.17) is 5.26 Å². The lowest BCUT2D eigenvalue weighted by Gasteiger charge is -2.27. The van der Waals surface area contributed by atoms with E-state index in [0.29, 0.717) is 18.5 Å². The number of nitriles is 1. The second-order valence-corrected chi connectivity index (χ2v) is 6.73. The van der Waals surface area contributed by atoms with Crippen molar-refractivity contribution in [2.24, 2.45) is 0 Å². The van der Waals surface area contributed by atoms with Crippen LogP contribution in [0.15, 0.2) is 67.0 Å². The fraction of sp³-hybridized carbons (Fsp3) is 0.227. The summed E-state index contributed by atoms with van der Waals surface area (Å²) in [5.74, 6) is 0.0574. The van der Waals surface area contributed by atoms with E-state index in [-0.39, 0.29) is 11.9 Å². The molecular weight excluding hydrogens is 336 g/mol. The number of hydrogen-bond donors (Lipinski definition) is 0. The van der Waals surface area contributed by atoms with Crippen molar-refractivity contribution >= 4 is 5.91 Å². The molecule has 0 spiro atoms. The van der Waals surface area contributed by atoms with Gasteiger partial charge in [0, 0.05) is 18.8 Å². The minimum absolute atomic E-state index is 0.0574. The Morgan fingerprint density at radius 3 is 2.44 bits per heavy atom. The third kappa shape index (κ3) is 4.62. The zero-order valence-corrected chi connectivity index (χ0v) is 15.5. The van der Waals surface area contributed by atoms with E-state index in [1.807, 2.05) is 67.4 Å². The molecule has 1 amide bonds. The summed E-state index contributed by atoms with van der Waals surface area (Å²) in [5.41, 5.74) is 3.48. The summed E-state index contributed by atoms with van der Waals surface area (Å²) in [6.07, 6.45) is 3.94. The predicted molar refractivity (Wildman–Crippen MR) is 104 cm³/mol. The van der Waals surface area contributed by atoms with Gasteiger partial charge in [-0.3, -0.25) is 4.79 Å².